The maximum atomic E-state index is 13.0. The zero-order valence-corrected chi connectivity index (χ0v) is 18.5. The molecule has 1 amide bonds. The maximum absolute atomic E-state index is 13.0. The molecule has 1 saturated heterocycles. The van der Waals surface area contributed by atoms with Gasteiger partial charge >= 0.3 is 0 Å². The van der Waals surface area contributed by atoms with E-state index in [4.69, 9.17) is 4.74 Å². The van der Waals surface area contributed by atoms with E-state index in [0.29, 0.717) is 5.56 Å². The minimum absolute atomic E-state index is 0.0218. The molecule has 0 saturated carbocycles. The number of nitrogens with one attached hydrogen (secondary N) is 1. The van der Waals surface area contributed by atoms with Gasteiger partial charge in [-0.25, -0.2) is 0 Å². The molecule has 1 atom stereocenters. The Morgan fingerprint density at radius 1 is 1.07 bits per heavy atom. The largest absolute Gasteiger partial charge is 0.487 e. The van der Waals surface area contributed by atoms with Crippen LogP contribution in [0.1, 0.15) is 79.0 Å². The Morgan fingerprint density at radius 2 is 1.77 bits per heavy atom. The number of carbonyl (C=O) groups is 1. The van der Waals surface area contributed by atoms with Crippen LogP contribution in [-0.4, -0.2) is 29.5 Å². The number of carbonyl (C=O) groups excluding carboxylic acids is 1. The molecule has 2 aromatic carbocycles. The summed E-state index contributed by atoms with van der Waals surface area (Å²) in [5.74, 6) is 0.849. The van der Waals surface area contributed by atoms with Crippen molar-refractivity contribution in [3.05, 3.63) is 64.7 Å². The summed E-state index contributed by atoms with van der Waals surface area (Å²) in [6.07, 6.45) is 6.04. The molecule has 160 valence electrons. The van der Waals surface area contributed by atoms with Crippen LogP contribution in [0.15, 0.2) is 42.5 Å². The van der Waals surface area contributed by atoms with Gasteiger partial charge in [0.2, 0.25) is 0 Å². The van der Waals surface area contributed by atoms with Crippen LogP contribution in [0, 0.1) is 6.92 Å². The second kappa shape index (κ2) is 8.81. The van der Waals surface area contributed by atoms with E-state index in [9.17, 15) is 4.79 Å². The number of fused-ring (bicyclic) bond motifs is 1. The molecule has 2 aliphatic heterocycles. The van der Waals surface area contributed by atoms with Gasteiger partial charge in [-0.1, -0.05) is 42.7 Å². The van der Waals surface area contributed by atoms with Crippen molar-refractivity contribution in [2.45, 2.75) is 71.1 Å². The summed E-state index contributed by atoms with van der Waals surface area (Å²) >= 11 is 0. The first kappa shape index (κ1) is 20.9. The average Bonchev–Trinajstić information content (AvgIpc) is 2.97. The first-order chi connectivity index (χ1) is 14.4. The Kier molecular flexibility index (Phi) is 6.14. The van der Waals surface area contributed by atoms with Gasteiger partial charge in [-0.2, -0.15) is 0 Å². The molecule has 0 spiro atoms. The van der Waals surface area contributed by atoms with Gasteiger partial charge in [0.25, 0.3) is 5.91 Å². The molecule has 4 nitrogen and oxygen atoms in total. The number of rotatable bonds is 4. The number of benzene rings is 2. The highest BCUT2D eigenvalue weighted by molar-refractivity contribution is 5.94. The van der Waals surface area contributed by atoms with Gasteiger partial charge in [-0.3, -0.25) is 9.69 Å². The summed E-state index contributed by atoms with van der Waals surface area (Å²) in [6.45, 7) is 9.56. The number of likely N-dealkylation sites (tertiary alicyclic amines) is 1. The molecule has 4 heteroatoms. The maximum Gasteiger partial charge on any atom is 0.251 e. The average molecular weight is 407 g/mol. The van der Waals surface area contributed by atoms with Gasteiger partial charge in [0.1, 0.15) is 11.4 Å². The molecule has 1 N–H and O–H groups in total. The van der Waals surface area contributed by atoms with E-state index in [1.165, 1.54) is 49.9 Å². The van der Waals surface area contributed by atoms with E-state index in [1.807, 2.05) is 18.2 Å². The van der Waals surface area contributed by atoms with Crippen LogP contribution in [0.25, 0.3) is 0 Å². The van der Waals surface area contributed by atoms with Crippen molar-refractivity contribution < 1.29 is 9.53 Å². The van der Waals surface area contributed by atoms with Crippen LogP contribution in [0.2, 0.25) is 0 Å². The highest BCUT2D eigenvalue weighted by Gasteiger charge is 2.34. The fourth-order valence-corrected chi connectivity index (χ4v) is 4.66. The summed E-state index contributed by atoms with van der Waals surface area (Å²) in [5, 5.41) is 3.25. The van der Waals surface area contributed by atoms with E-state index in [0.717, 1.165) is 24.3 Å². The van der Waals surface area contributed by atoms with Gasteiger partial charge in [-0.05, 0) is 70.5 Å². The predicted molar refractivity (Wildman–Crippen MR) is 121 cm³/mol. The minimum atomic E-state index is -0.308. The lowest BCUT2D eigenvalue weighted by Gasteiger charge is -2.38. The van der Waals surface area contributed by atoms with E-state index < -0.39 is 0 Å². The molecule has 2 aliphatic rings. The normalized spacial score (nSPS) is 21.2. The zero-order chi connectivity index (χ0) is 21.1. The first-order valence-corrected chi connectivity index (χ1v) is 11.3. The number of hydrogen-bond donors (Lipinski definition) is 1. The quantitative estimate of drug-likeness (QED) is 0.739. The van der Waals surface area contributed by atoms with Gasteiger partial charge in [0.05, 0.1) is 6.04 Å². The number of ether oxygens (including phenoxy) is 1. The van der Waals surface area contributed by atoms with Gasteiger partial charge < -0.3 is 10.1 Å². The van der Waals surface area contributed by atoms with Crippen LogP contribution in [0.4, 0.5) is 0 Å². The van der Waals surface area contributed by atoms with Crippen molar-refractivity contribution in [2.24, 2.45) is 0 Å². The van der Waals surface area contributed by atoms with Crippen molar-refractivity contribution >= 4 is 5.91 Å². The summed E-state index contributed by atoms with van der Waals surface area (Å²) in [4.78, 5) is 15.5. The van der Waals surface area contributed by atoms with Crippen LogP contribution in [-0.2, 0) is 6.54 Å². The lowest BCUT2D eigenvalue weighted by molar-refractivity contribution is 0.0619. The van der Waals surface area contributed by atoms with Crippen molar-refractivity contribution in [2.75, 3.05) is 13.1 Å². The standard InChI is InChI=1S/C26H34N2O2/c1-19-8-13-24-22(16-19)23(17-26(2,3)30-24)27-25(29)21-11-9-20(10-12-21)18-28-14-6-4-5-7-15-28/h8-13,16,23H,4-7,14-15,17-18H2,1-3H3,(H,27,29). The third-order valence-corrected chi connectivity index (χ3v) is 6.25. The van der Waals surface area contributed by atoms with Crippen molar-refractivity contribution in [1.82, 2.24) is 10.2 Å². The predicted octanol–water partition coefficient (Wildman–Crippen LogP) is 5.40. The van der Waals surface area contributed by atoms with Crippen LogP contribution in [0.3, 0.4) is 0 Å². The molecule has 0 aliphatic carbocycles. The summed E-state index contributed by atoms with van der Waals surface area (Å²) in [6, 6.07) is 14.3. The van der Waals surface area contributed by atoms with E-state index >= 15 is 0 Å². The van der Waals surface area contributed by atoms with Gasteiger partial charge in [0, 0.05) is 24.1 Å². The molecule has 0 aromatic heterocycles. The van der Waals surface area contributed by atoms with Crippen LogP contribution < -0.4 is 10.1 Å². The molecule has 1 fully saturated rings. The Labute approximate surface area is 180 Å². The third-order valence-electron chi connectivity index (χ3n) is 6.25. The molecule has 2 heterocycles. The highest BCUT2D eigenvalue weighted by Crippen LogP contribution is 2.40. The van der Waals surface area contributed by atoms with Gasteiger partial charge in [-0.15, -0.1) is 0 Å². The van der Waals surface area contributed by atoms with Crippen molar-refractivity contribution in [3.63, 3.8) is 0 Å². The number of nitrogens with zero attached hydrogens (tertiary/aromatic N) is 1. The Balaban J connectivity index is 1.44. The van der Waals surface area contributed by atoms with Crippen LogP contribution >= 0.6 is 0 Å². The molecular formula is C26H34N2O2. The second-order valence-corrected chi connectivity index (χ2v) is 9.52. The Bertz CT molecular complexity index is 880. The number of aryl methyl sites for hydroxylation is 1. The van der Waals surface area contributed by atoms with E-state index in [-0.39, 0.29) is 17.6 Å². The molecule has 4 rings (SSSR count). The molecule has 30 heavy (non-hydrogen) atoms. The lowest BCUT2D eigenvalue weighted by atomic mass is 9.88. The highest BCUT2D eigenvalue weighted by atomic mass is 16.5. The molecule has 0 bridgehead atoms. The first-order valence-electron chi connectivity index (χ1n) is 11.3. The monoisotopic (exact) mass is 406 g/mol. The van der Waals surface area contributed by atoms with E-state index in [2.05, 4.69) is 55.3 Å². The SMILES string of the molecule is Cc1ccc2c(c1)C(NC(=O)c1ccc(CN3CCCCCC3)cc1)CC(C)(C)O2. The third kappa shape index (κ3) is 5.04. The minimum Gasteiger partial charge on any atom is -0.487 e. The topological polar surface area (TPSA) is 41.6 Å². The van der Waals surface area contributed by atoms with Crippen molar-refractivity contribution in [1.29, 1.82) is 0 Å². The van der Waals surface area contributed by atoms with Gasteiger partial charge in [0.15, 0.2) is 0 Å². The summed E-state index contributed by atoms with van der Waals surface area (Å²) in [7, 11) is 0. The summed E-state index contributed by atoms with van der Waals surface area (Å²) in [5.41, 5.74) is 3.93. The Morgan fingerprint density at radius 3 is 2.47 bits per heavy atom. The molecule has 0 radical (unpaired) electrons. The fraction of sp³-hybridized carbons (Fsp3) is 0.500. The summed E-state index contributed by atoms with van der Waals surface area (Å²) < 4.78 is 6.13. The fourth-order valence-electron chi connectivity index (χ4n) is 4.66. The van der Waals surface area contributed by atoms with Crippen molar-refractivity contribution in [3.8, 4) is 5.75 Å². The van der Waals surface area contributed by atoms with Crippen LogP contribution in [0.5, 0.6) is 5.75 Å². The smallest absolute Gasteiger partial charge is 0.251 e. The second-order valence-electron chi connectivity index (χ2n) is 9.52. The lowest BCUT2D eigenvalue weighted by Crippen LogP contribution is -2.41. The van der Waals surface area contributed by atoms with E-state index in [1.54, 1.807) is 0 Å². The molecule has 2 aromatic rings. The molecular weight excluding hydrogens is 372 g/mol. The Hall–Kier alpha value is -2.33. The number of hydrogen-bond acceptors (Lipinski definition) is 3. The zero-order valence-electron chi connectivity index (χ0n) is 18.5. The number of amides is 1. The molecule has 1 unspecified atom stereocenters.